The summed E-state index contributed by atoms with van der Waals surface area (Å²) in [6.07, 6.45) is 11.9. The Balaban J connectivity index is 1.73. The minimum absolute atomic E-state index is 0.309. The van der Waals surface area contributed by atoms with E-state index in [0.29, 0.717) is 29.4 Å². The van der Waals surface area contributed by atoms with E-state index < -0.39 is 6.03 Å². The van der Waals surface area contributed by atoms with E-state index in [1.807, 2.05) is 19.1 Å². The Bertz CT molecular complexity index is 966. The highest BCUT2D eigenvalue weighted by Crippen LogP contribution is 2.26. The standard InChI is InChI=1S/C20H17N5O2/c1-3-15-6-7-18(27-13-16-5-4-8-21-11-16)17(9-15)24-20(26)25-19-12-22-14(2)10-23-19/h1,4-12H,13H2,2H3,(H2,23,24,25,26). The molecule has 0 aliphatic rings. The van der Waals surface area contributed by atoms with Crippen LogP contribution in [0.2, 0.25) is 0 Å². The fourth-order valence-electron chi connectivity index (χ4n) is 2.21. The van der Waals surface area contributed by atoms with Gasteiger partial charge in [0.2, 0.25) is 0 Å². The number of nitrogens with zero attached hydrogens (tertiary/aromatic N) is 3. The van der Waals surface area contributed by atoms with Crippen LogP contribution in [0.25, 0.3) is 0 Å². The summed E-state index contributed by atoms with van der Waals surface area (Å²) in [5.74, 6) is 3.36. The van der Waals surface area contributed by atoms with Gasteiger partial charge in [-0.05, 0) is 31.2 Å². The molecular formula is C20H17N5O2. The molecule has 27 heavy (non-hydrogen) atoms. The molecule has 7 heteroatoms. The Kier molecular flexibility index (Phi) is 5.60. The van der Waals surface area contributed by atoms with Gasteiger partial charge < -0.3 is 10.1 Å². The molecular weight excluding hydrogens is 342 g/mol. The van der Waals surface area contributed by atoms with Crippen LogP contribution in [0.3, 0.4) is 0 Å². The van der Waals surface area contributed by atoms with Crippen molar-refractivity contribution in [1.82, 2.24) is 15.0 Å². The van der Waals surface area contributed by atoms with Gasteiger partial charge in [-0.2, -0.15) is 0 Å². The summed E-state index contributed by atoms with van der Waals surface area (Å²) in [7, 11) is 0. The molecule has 3 rings (SSSR count). The lowest BCUT2D eigenvalue weighted by molar-refractivity contribution is 0.261. The van der Waals surface area contributed by atoms with Gasteiger partial charge in [0, 0.05) is 23.5 Å². The first-order chi connectivity index (χ1) is 13.1. The molecule has 2 heterocycles. The van der Waals surface area contributed by atoms with Crippen LogP contribution in [-0.4, -0.2) is 21.0 Å². The highest BCUT2D eigenvalue weighted by atomic mass is 16.5. The van der Waals surface area contributed by atoms with Crippen molar-refractivity contribution >= 4 is 17.5 Å². The van der Waals surface area contributed by atoms with Gasteiger partial charge >= 0.3 is 6.03 Å². The number of urea groups is 1. The molecule has 2 aromatic heterocycles. The second-order valence-corrected chi connectivity index (χ2v) is 5.63. The largest absolute Gasteiger partial charge is 0.487 e. The van der Waals surface area contributed by atoms with Crippen LogP contribution in [-0.2, 0) is 6.61 Å². The minimum atomic E-state index is -0.478. The van der Waals surface area contributed by atoms with Crippen molar-refractivity contribution in [3.05, 3.63) is 71.9 Å². The lowest BCUT2D eigenvalue weighted by atomic mass is 10.2. The molecule has 1 aromatic carbocycles. The van der Waals surface area contributed by atoms with Crippen molar-refractivity contribution in [1.29, 1.82) is 0 Å². The first-order valence-corrected chi connectivity index (χ1v) is 8.13. The second kappa shape index (κ2) is 8.45. The molecule has 3 aromatic rings. The summed E-state index contributed by atoms with van der Waals surface area (Å²) < 4.78 is 5.81. The fourth-order valence-corrected chi connectivity index (χ4v) is 2.21. The molecule has 0 spiro atoms. The maximum Gasteiger partial charge on any atom is 0.325 e. The summed E-state index contributed by atoms with van der Waals surface area (Å²) >= 11 is 0. The third kappa shape index (κ3) is 5.03. The maximum atomic E-state index is 12.3. The number of aryl methyl sites for hydroxylation is 1. The van der Waals surface area contributed by atoms with Gasteiger partial charge in [0.1, 0.15) is 12.4 Å². The van der Waals surface area contributed by atoms with E-state index in [4.69, 9.17) is 11.2 Å². The number of hydrogen-bond donors (Lipinski definition) is 2. The second-order valence-electron chi connectivity index (χ2n) is 5.63. The van der Waals surface area contributed by atoms with Gasteiger partial charge in [0.15, 0.2) is 5.82 Å². The number of rotatable bonds is 5. The molecule has 2 N–H and O–H groups in total. The van der Waals surface area contributed by atoms with Crippen molar-refractivity contribution in [2.45, 2.75) is 13.5 Å². The average Bonchev–Trinajstić information content (AvgIpc) is 2.69. The third-order valence-electron chi connectivity index (χ3n) is 3.53. The zero-order chi connectivity index (χ0) is 19.1. The lowest BCUT2D eigenvalue weighted by Gasteiger charge is -2.13. The molecule has 0 atom stereocenters. The van der Waals surface area contributed by atoms with Crippen molar-refractivity contribution < 1.29 is 9.53 Å². The number of hydrogen-bond acceptors (Lipinski definition) is 5. The van der Waals surface area contributed by atoms with Crippen molar-refractivity contribution in [3.8, 4) is 18.1 Å². The third-order valence-corrected chi connectivity index (χ3v) is 3.53. The Hall–Kier alpha value is -3.92. The SMILES string of the molecule is C#Cc1ccc(OCc2cccnc2)c(NC(=O)Nc2cnc(C)cn2)c1. The lowest BCUT2D eigenvalue weighted by Crippen LogP contribution is -2.20. The van der Waals surface area contributed by atoms with Crippen molar-refractivity contribution in [2.24, 2.45) is 0 Å². The Morgan fingerprint density at radius 1 is 1.19 bits per heavy atom. The number of carbonyl (C=O) groups excluding carboxylic acids is 1. The maximum absolute atomic E-state index is 12.3. The number of ether oxygens (including phenoxy) is 1. The van der Waals surface area contributed by atoms with E-state index >= 15 is 0 Å². The average molecular weight is 359 g/mol. The molecule has 7 nitrogen and oxygen atoms in total. The zero-order valence-electron chi connectivity index (χ0n) is 14.6. The predicted octanol–water partition coefficient (Wildman–Crippen LogP) is 3.38. The zero-order valence-corrected chi connectivity index (χ0v) is 14.6. The van der Waals surface area contributed by atoms with E-state index in [1.165, 1.54) is 6.20 Å². The van der Waals surface area contributed by atoms with Gasteiger partial charge in [0.05, 0.1) is 23.8 Å². The Labute approximate surface area is 156 Å². The van der Waals surface area contributed by atoms with Crippen LogP contribution in [0.4, 0.5) is 16.3 Å². The molecule has 0 saturated carbocycles. The number of anilines is 2. The first-order valence-electron chi connectivity index (χ1n) is 8.13. The first kappa shape index (κ1) is 17.9. The summed E-state index contributed by atoms with van der Waals surface area (Å²) in [5.41, 5.74) is 2.73. The number of benzene rings is 1. The molecule has 0 unspecified atom stereocenters. The molecule has 0 saturated heterocycles. The van der Waals surface area contributed by atoms with Gasteiger partial charge in [-0.25, -0.2) is 9.78 Å². The molecule has 0 fully saturated rings. The number of pyridine rings is 1. The monoisotopic (exact) mass is 359 g/mol. The minimum Gasteiger partial charge on any atom is -0.487 e. The quantitative estimate of drug-likeness (QED) is 0.682. The van der Waals surface area contributed by atoms with E-state index in [0.717, 1.165) is 11.3 Å². The number of aromatic nitrogens is 3. The normalized spacial score (nSPS) is 9.93. The highest BCUT2D eigenvalue weighted by Gasteiger charge is 2.10. The van der Waals surface area contributed by atoms with E-state index in [9.17, 15) is 4.79 Å². The number of amides is 2. The van der Waals surface area contributed by atoms with Crippen LogP contribution >= 0.6 is 0 Å². The fraction of sp³-hybridized carbons (Fsp3) is 0.100. The van der Waals surface area contributed by atoms with Gasteiger partial charge in [-0.15, -0.1) is 6.42 Å². The van der Waals surface area contributed by atoms with E-state index in [-0.39, 0.29) is 0 Å². The van der Waals surface area contributed by atoms with Gasteiger partial charge in [-0.1, -0.05) is 12.0 Å². The van der Waals surface area contributed by atoms with E-state index in [1.54, 1.807) is 36.8 Å². The van der Waals surface area contributed by atoms with Crippen LogP contribution in [0.1, 0.15) is 16.8 Å². The molecule has 0 bridgehead atoms. The van der Waals surface area contributed by atoms with Gasteiger partial charge in [0.25, 0.3) is 0 Å². The topological polar surface area (TPSA) is 89.0 Å². The highest BCUT2D eigenvalue weighted by molar-refractivity contribution is 6.00. The molecule has 0 aliphatic heterocycles. The van der Waals surface area contributed by atoms with E-state index in [2.05, 4.69) is 31.5 Å². The summed E-state index contributed by atoms with van der Waals surface area (Å²) in [6.45, 7) is 2.12. The smallest absolute Gasteiger partial charge is 0.325 e. The number of carbonyl (C=O) groups is 1. The summed E-state index contributed by atoms with van der Waals surface area (Å²) in [5, 5.41) is 5.35. The number of nitrogens with one attached hydrogen (secondary N) is 2. The van der Waals surface area contributed by atoms with Crippen LogP contribution < -0.4 is 15.4 Å². The van der Waals surface area contributed by atoms with Crippen LogP contribution in [0.15, 0.2) is 55.1 Å². The molecule has 0 aliphatic carbocycles. The number of terminal acetylenes is 1. The van der Waals surface area contributed by atoms with Gasteiger partial charge in [-0.3, -0.25) is 15.3 Å². The Morgan fingerprint density at radius 3 is 2.78 bits per heavy atom. The van der Waals surface area contributed by atoms with Crippen LogP contribution in [0, 0.1) is 19.3 Å². The Morgan fingerprint density at radius 2 is 2.07 bits per heavy atom. The summed E-state index contributed by atoms with van der Waals surface area (Å²) in [4.78, 5) is 24.5. The predicted molar refractivity (Wildman–Crippen MR) is 102 cm³/mol. The summed E-state index contributed by atoms with van der Waals surface area (Å²) in [6, 6.07) is 8.38. The molecule has 0 radical (unpaired) electrons. The molecule has 134 valence electrons. The van der Waals surface area contributed by atoms with Crippen molar-refractivity contribution in [2.75, 3.05) is 10.6 Å². The molecule has 2 amide bonds. The van der Waals surface area contributed by atoms with Crippen LogP contribution in [0.5, 0.6) is 5.75 Å². The van der Waals surface area contributed by atoms with Crippen molar-refractivity contribution in [3.63, 3.8) is 0 Å².